The Morgan fingerprint density at radius 3 is 2.64 bits per heavy atom. The van der Waals surface area contributed by atoms with E-state index in [0.29, 0.717) is 40.8 Å². The minimum atomic E-state index is -1.06. The van der Waals surface area contributed by atoms with Crippen molar-refractivity contribution >= 4 is 34.8 Å². The average Bonchev–Trinajstić information content (AvgIpc) is 3.30. The molecule has 4 aromatic rings. The molecule has 2 aromatic heterocycles. The highest BCUT2D eigenvalue weighted by Crippen LogP contribution is 2.42. The molecule has 2 fully saturated rings. The Labute approximate surface area is 247 Å². The number of carboxylic acids is 1. The Morgan fingerprint density at radius 1 is 1.07 bits per heavy atom. The second-order valence-corrected chi connectivity index (χ2v) is 11.6. The first kappa shape index (κ1) is 27.1. The molecule has 7 rings (SSSR count). The maximum Gasteiger partial charge on any atom is 0.354 e. The molecule has 8 nitrogen and oxygen atoms in total. The van der Waals surface area contributed by atoms with E-state index in [1.165, 1.54) is 12.1 Å². The maximum atomic E-state index is 14.7. The number of para-hydroxylation sites is 1. The smallest absolute Gasteiger partial charge is 0.354 e. The fourth-order valence-corrected chi connectivity index (χ4v) is 6.29. The Bertz CT molecular complexity index is 1690. The van der Waals surface area contributed by atoms with Gasteiger partial charge in [-0.2, -0.15) is 0 Å². The van der Waals surface area contributed by atoms with Crippen molar-refractivity contribution in [3.8, 4) is 5.75 Å². The number of halogens is 2. The third kappa shape index (κ3) is 5.17. The van der Waals surface area contributed by atoms with Crippen LogP contribution in [0, 0.1) is 5.82 Å². The molecule has 0 unspecified atom stereocenters. The van der Waals surface area contributed by atoms with Crippen molar-refractivity contribution < 1.29 is 23.8 Å². The Hall–Kier alpha value is -3.79. The van der Waals surface area contributed by atoms with Crippen LogP contribution in [0.2, 0.25) is 5.02 Å². The number of imidazole rings is 1. The molecule has 1 N–H and O–H groups in total. The van der Waals surface area contributed by atoms with Gasteiger partial charge in [-0.3, -0.25) is 4.90 Å². The van der Waals surface area contributed by atoms with E-state index in [0.717, 1.165) is 61.7 Å². The number of likely N-dealkylation sites (tertiary alicyclic amines) is 1. The molecule has 3 aliphatic heterocycles. The number of aromatic nitrogens is 3. The number of hydrogen-bond acceptors (Lipinski definition) is 6. The van der Waals surface area contributed by atoms with Gasteiger partial charge in [0.2, 0.25) is 0 Å². The number of nitrogens with zero attached hydrogens (tertiary/aromatic N) is 4. The van der Waals surface area contributed by atoms with Gasteiger partial charge in [0, 0.05) is 22.8 Å². The molecule has 5 heterocycles. The molecule has 0 aliphatic carbocycles. The van der Waals surface area contributed by atoms with Crippen molar-refractivity contribution in [1.82, 2.24) is 19.4 Å². The van der Waals surface area contributed by atoms with Crippen LogP contribution in [0.4, 0.5) is 4.39 Å². The molecule has 42 heavy (non-hydrogen) atoms. The summed E-state index contributed by atoms with van der Waals surface area (Å²) in [7, 11) is 0. The number of carbonyl (C=O) groups is 1. The van der Waals surface area contributed by atoms with Gasteiger partial charge in [-0.25, -0.2) is 19.2 Å². The van der Waals surface area contributed by atoms with Gasteiger partial charge < -0.3 is 19.1 Å². The van der Waals surface area contributed by atoms with Crippen LogP contribution in [-0.4, -0.2) is 56.3 Å². The van der Waals surface area contributed by atoms with Crippen LogP contribution in [0.15, 0.2) is 54.6 Å². The van der Waals surface area contributed by atoms with Crippen LogP contribution in [0.25, 0.3) is 17.2 Å². The molecule has 216 valence electrons. The largest absolute Gasteiger partial charge is 0.481 e. The van der Waals surface area contributed by atoms with E-state index in [2.05, 4.69) is 22.0 Å². The zero-order chi connectivity index (χ0) is 28.8. The molecule has 0 saturated carbocycles. The Balaban J connectivity index is 1.08. The predicted molar refractivity (Wildman–Crippen MR) is 156 cm³/mol. The first-order valence-electron chi connectivity index (χ1n) is 14.3. The van der Waals surface area contributed by atoms with Gasteiger partial charge in [0.15, 0.2) is 11.3 Å². The van der Waals surface area contributed by atoms with Crippen molar-refractivity contribution in [1.29, 1.82) is 0 Å². The summed E-state index contributed by atoms with van der Waals surface area (Å²) in [4.78, 5) is 23.2. The monoisotopic (exact) mass is 588 g/mol. The SMILES string of the molecule is O=C(O)c1ccc2nc(CN3CCC(c4cccc5c4O[C@H](c4ccc(Cl)cc4F)C=C5)CC3)n(C[C@H]3CCO3)c2n1. The van der Waals surface area contributed by atoms with Gasteiger partial charge in [0.1, 0.15) is 29.0 Å². The van der Waals surface area contributed by atoms with Crippen molar-refractivity contribution in [3.05, 3.63) is 93.7 Å². The normalized spacial score (nSPS) is 20.7. The van der Waals surface area contributed by atoms with E-state index < -0.39 is 12.1 Å². The van der Waals surface area contributed by atoms with E-state index in [1.54, 1.807) is 18.2 Å². The summed E-state index contributed by atoms with van der Waals surface area (Å²) >= 11 is 5.97. The quantitative estimate of drug-likeness (QED) is 0.273. The van der Waals surface area contributed by atoms with Crippen LogP contribution in [0.1, 0.15) is 64.3 Å². The predicted octanol–water partition coefficient (Wildman–Crippen LogP) is 6.24. The number of piperidine rings is 1. The van der Waals surface area contributed by atoms with Gasteiger partial charge in [-0.05, 0) is 74.2 Å². The molecule has 2 atom stereocenters. The Morgan fingerprint density at radius 2 is 1.90 bits per heavy atom. The van der Waals surface area contributed by atoms with E-state index in [1.807, 2.05) is 22.8 Å². The summed E-state index contributed by atoms with van der Waals surface area (Å²) in [5, 5.41) is 9.83. The second kappa shape index (κ2) is 11.1. The molecule has 2 aromatic carbocycles. The van der Waals surface area contributed by atoms with Crippen LogP contribution in [0.5, 0.6) is 5.75 Å². The number of pyridine rings is 1. The molecular weight excluding hydrogens is 559 g/mol. The number of benzene rings is 2. The first-order chi connectivity index (χ1) is 20.4. The summed E-state index contributed by atoms with van der Waals surface area (Å²) in [5.41, 5.74) is 3.90. The third-order valence-corrected chi connectivity index (χ3v) is 8.74. The molecule has 10 heteroatoms. The number of aromatic carboxylic acids is 1. The molecule has 3 aliphatic rings. The van der Waals surface area contributed by atoms with Gasteiger partial charge in [0.25, 0.3) is 0 Å². The standard InChI is InChI=1S/C32H30ClFN4O4/c33-21-5-6-24(25(34)16-21)28-9-4-20-2-1-3-23(30(20)42-28)19-10-13-37(14-11-19)18-29-35-26-7-8-27(32(39)40)36-31(26)38(29)17-22-12-15-41-22/h1-9,16,19,22,28H,10-15,17-18H2,(H,39,40)/t22-,28+/m1/s1. The lowest BCUT2D eigenvalue weighted by Crippen LogP contribution is -2.35. The van der Waals surface area contributed by atoms with Crippen molar-refractivity contribution in [2.24, 2.45) is 0 Å². The summed E-state index contributed by atoms with van der Waals surface area (Å²) in [6.45, 7) is 3.73. The van der Waals surface area contributed by atoms with Crippen LogP contribution >= 0.6 is 11.6 Å². The fourth-order valence-electron chi connectivity index (χ4n) is 6.13. The number of carboxylic acid groups (broad SMARTS) is 1. The van der Waals surface area contributed by atoms with Crippen molar-refractivity contribution in [3.63, 3.8) is 0 Å². The summed E-state index contributed by atoms with van der Waals surface area (Å²) in [6, 6.07) is 14.1. The number of hydrogen-bond donors (Lipinski definition) is 1. The highest BCUT2D eigenvalue weighted by atomic mass is 35.5. The van der Waals surface area contributed by atoms with Gasteiger partial charge in [-0.1, -0.05) is 41.9 Å². The minimum absolute atomic E-state index is 0.00911. The van der Waals surface area contributed by atoms with Gasteiger partial charge >= 0.3 is 5.97 Å². The molecule has 0 amide bonds. The van der Waals surface area contributed by atoms with E-state index in [4.69, 9.17) is 26.1 Å². The highest BCUT2D eigenvalue weighted by molar-refractivity contribution is 6.30. The lowest BCUT2D eigenvalue weighted by molar-refractivity contribution is -0.0593. The molecule has 0 radical (unpaired) electrons. The summed E-state index contributed by atoms with van der Waals surface area (Å²) < 4.78 is 28.8. The zero-order valence-corrected chi connectivity index (χ0v) is 23.6. The average molecular weight is 589 g/mol. The van der Waals surface area contributed by atoms with Crippen LogP contribution < -0.4 is 4.74 Å². The summed E-state index contributed by atoms with van der Waals surface area (Å²) in [5.74, 6) is 0.559. The topological polar surface area (TPSA) is 89.7 Å². The van der Waals surface area contributed by atoms with Crippen LogP contribution in [-0.2, 0) is 17.8 Å². The number of rotatable bonds is 7. The Kier molecular flexibility index (Phi) is 7.17. The van der Waals surface area contributed by atoms with Crippen LogP contribution in [0.3, 0.4) is 0 Å². The zero-order valence-electron chi connectivity index (χ0n) is 22.9. The minimum Gasteiger partial charge on any atom is -0.481 e. The third-order valence-electron chi connectivity index (χ3n) is 8.50. The fraction of sp³-hybridized carbons (Fsp3) is 0.344. The van der Waals surface area contributed by atoms with Crippen molar-refractivity contribution in [2.45, 2.75) is 50.5 Å². The molecule has 2 saturated heterocycles. The highest BCUT2D eigenvalue weighted by Gasteiger charge is 2.29. The maximum absolute atomic E-state index is 14.7. The van der Waals surface area contributed by atoms with E-state index >= 15 is 0 Å². The van der Waals surface area contributed by atoms with E-state index in [-0.39, 0.29) is 17.6 Å². The first-order valence-corrected chi connectivity index (χ1v) is 14.7. The lowest BCUT2D eigenvalue weighted by Gasteiger charge is -2.34. The van der Waals surface area contributed by atoms with Crippen molar-refractivity contribution in [2.75, 3.05) is 19.7 Å². The number of ether oxygens (including phenoxy) is 2. The molecule has 0 spiro atoms. The van der Waals surface area contributed by atoms with Gasteiger partial charge in [-0.15, -0.1) is 0 Å². The molecule has 0 bridgehead atoms. The number of fused-ring (bicyclic) bond motifs is 2. The van der Waals surface area contributed by atoms with Gasteiger partial charge in [0.05, 0.1) is 19.2 Å². The lowest BCUT2D eigenvalue weighted by atomic mass is 9.87. The second-order valence-electron chi connectivity index (χ2n) is 11.1. The summed E-state index contributed by atoms with van der Waals surface area (Å²) in [6.07, 6.45) is 6.32. The van der Waals surface area contributed by atoms with E-state index in [9.17, 15) is 14.3 Å². The molecular formula is C32H30ClFN4O4.